The standard InChI is InChI=1S/C14H17BrN2/c1-9(2)8-16-14-6-10(3)17-13-5-4-11(15)7-12(13)14/h4-7,9H,8H2,1-3H3,(H,16,17). The summed E-state index contributed by atoms with van der Waals surface area (Å²) in [7, 11) is 0. The molecule has 2 nitrogen and oxygen atoms in total. The maximum absolute atomic E-state index is 4.54. The molecule has 1 N–H and O–H groups in total. The molecule has 1 heterocycles. The SMILES string of the molecule is Cc1cc(NCC(C)C)c2cc(Br)ccc2n1. The first-order chi connectivity index (χ1) is 8.06. The summed E-state index contributed by atoms with van der Waals surface area (Å²) in [5.41, 5.74) is 3.26. The van der Waals surface area contributed by atoms with Gasteiger partial charge in [0.25, 0.3) is 0 Å². The van der Waals surface area contributed by atoms with Crippen LogP contribution in [0.25, 0.3) is 10.9 Å². The molecule has 0 radical (unpaired) electrons. The molecule has 0 saturated carbocycles. The van der Waals surface area contributed by atoms with Crippen LogP contribution in [0, 0.1) is 12.8 Å². The Bertz CT molecular complexity index is 535. The Balaban J connectivity index is 2.48. The number of rotatable bonds is 3. The molecule has 1 aromatic carbocycles. The van der Waals surface area contributed by atoms with Crippen LogP contribution in [-0.2, 0) is 0 Å². The minimum Gasteiger partial charge on any atom is -0.384 e. The van der Waals surface area contributed by atoms with Crippen LogP contribution in [-0.4, -0.2) is 11.5 Å². The van der Waals surface area contributed by atoms with Gasteiger partial charge in [-0.15, -0.1) is 0 Å². The first-order valence-electron chi connectivity index (χ1n) is 5.87. The lowest BCUT2D eigenvalue weighted by Crippen LogP contribution is -2.08. The van der Waals surface area contributed by atoms with Crippen LogP contribution in [0.5, 0.6) is 0 Å². The van der Waals surface area contributed by atoms with E-state index in [1.165, 1.54) is 11.1 Å². The van der Waals surface area contributed by atoms with E-state index < -0.39 is 0 Å². The highest BCUT2D eigenvalue weighted by Crippen LogP contribution is 2.26. The predicted octanol–water partition coefficient (Wildman–Crippen LogP) is 4.37. The summed E-state index contributed by atoms with van der Waals surface area (Å²) < 4.78 is 1.09. The monoisotopic (exact) mass is 292 g/mol. The minimum atomic E-state index is 0.630. The molecule has 2 aromatic rings. The molecule has 1 aromatic heterocycles. The van der Waals surface area contributed by atoms with Crippen LogP contribution >= 0.6 is 15.9 Å². The van der Waals surface area contributed by atoms with E-state index in [2.05, 4.69) is 52.2 Å². The molecule has 0 aliphatic carbocycles. The lowest BCUT2D eigenvalue weighted by atomic mass is 10.1. The normalized spacial score (nSPS) is 11.1. The molecule has 0 aliphatic heterocycles. The maximum Gasteiger partial charge on any atom is 0.0726 e. The Morgan fingerprint density at radius 2 is 2.06 bits per heavy atom. The highest BCUT2D eigenvalue weighted by molar-refractivity contribution is 9.10. The number of pyridine rings is 1. The Hall–Kier alpha value is -1.09. The number of fused-ring (bicyclic) bond motifs is 1. The van der Waals surface area contributed by atoms with Crippen LogP contribution in [0.1, 0.15) is 19.5 Å². The first kappa shape index (κ1) is 12.4. The van der Waals surface area contributed by atoms with Crippen molar-refractivity contribution < 1.29 is 0 Å². The second-order valence-electron chi connectivity index (χ2n) is 4.75. The number of nitrogens with zero attached hydrogens (tertiary/aromatic N) is 1. The number of hydrogen-bond donors (Lipinski definition) is 1. The topological polar surface area (TPSA) is 24.9 Å². The summed E-state index contributed by atoms with van der Waals surface area (Å²) in [6, 6.07) is 8.30. The van der Waals surface area contributed by atoms with E-state index in [4.69, 9.17) is 0 Å². The number of halogens is 1. The third-order valence-corrected chi connectivity index (χ3v) is 3.09. The summed E-state index contributed by atoms with van der Waals surface area (Å²) in [5, 5.41) is 4.67. The molecule has 0 unspecified atom stereocenters. The van der Waals surface area contributed by atoms with Crippen molar-refractivity contribution in [2.75, 3.05) is 11.9 Å². The molecule has 90 valence electrons. The lowest BCUT2D eigenvalue weighted by Gasteiger charge is -2.12. The molecule has 0 bridgehead atoms. The average molecular weight is 293 g/mol. The Kier molecular flexibility index (Phi) is 3.67. The zero-order valence-corrected chi connectivity index (χ0v) is 12.0. The number of anilines is 1. The number of aromatic nitrogens is 1. The predicted molar refractivity (Wildman–Crippen MR) is 77.5 cm³/mol. The van der Waals surface area contributed by atoms with Gasteiger partial charge in [0.05, 0.1) is 5.52 Å². The van der Waals surface area contributed by atoms with Crippen LogP contribution in [0.3, 0.4) is 0 Å². The van der Waals surface area contributed by atoms with Gasteiger partial charge in [0.2, 0.25) is 0 Å². The number of hydrogen-bond acceptors (Lipinski definition) is 2. The van der Waals surface area contributed by atoms with Gasteiger partial charge in [-0.3, -0.25) is 4.98 Å². The van der Waals surface area contributed by atoms with Gasteiger partial charge in [-0.2, -0.15) is 0 Å². The zero-order valence-electron chi connectivity index (χ0n) is 10.4. The molecule has 0 saturated heterocycles. The van der Waals surface area contributed by atoms with E-state index >= 15 is 0 Å². The molecule has 0 atom stereocenters. The van der Waals surface area contributed by atoms with Gasteiger partial charge in [0.15, 0.2) is 0 Å². The van der Waals surface area contributed by atoms with Gasteiger partial charge < -0.3 is 5.32 Å². The maximum atomic E-state index is 4.54. The highest BCUT2D eigenvalue weighted by Gasteiger charge is 2.05. The third kappa shape index (κ3) is 2.97. The van der Waals surface area contributed by atoms with Crippen LogP contribution in [0.4, 0.5) is 5.69 Å². The number of benzene rings is 1. The second kappa shape index (κ2) is 5.05. The molecule has 17 heavy (non-hydrogen) atoms. The molecular formula is C14H17BrN2. The summed E-state index contributed by atoms with van der Waals surface area (Å²) in [6.45, 7) is 7.42. The van der Waals surface area contributed by atoms with Crippen LogP contribution in [0.2, 0.25) is 0 Å². The fourth-order valence-electron chi connectivity index (χ4n) is 1.79. The number of aryl methyl sites for hydroxylation is 1. The first-order valence-corrected chi connectivity index (χ1v) is 6.66. The van der Waals surface area contributed by atoms with Crippen molar-refractivity contribution >= 4 is 32.5 Å². The Morgan fingerprint density at radius 1 is 1.29 bits per heavy atom. The third-order valence-electron chi connectivity index (χ3n) is 2.60. The van der Waals surface area contributed by atoms with E-state index in [1.54, 1.807) is 0 Å². The largest absolute Gasteiger partial charge is 0.384 e. The van der Waals surface area contributed by atoms with Crippen molar-refractivity contribution in [1.82, 2.24) is 4.98 Å². The van der Waals surface area contributed by atoms with Crippen molar-refractivity contribution in [2.24, 2.45) is 5.92 Å². The zero-order chi connectivity index (χ0) is 12.4. The Labute approximate surface area is 111 Å². The summed E-state index contributed by atoms with van der Waals surface area (Å²) in [6.07, 6.45) is 0. The minimum absolute atomic E-state index is 0.630. The van der Waals surface area contributed by atoms with E-state index in [0.29, 0.717) is 5.92 Å². The van der Waals surface area contributed by atoms with Gasteiger partial charge in [-0.25, -0.2) is 0 Å². The summed E-state index contributed by atoms with van der Waals surface area (Å²) in [4.78, 5) is 4.54. The fourth-order valence-corrected chi connectivity index (χ4v) is 2.15. The fraction of sp³-hybridized carbons (Fsp3) is 0.357. The summed E-state index contributed by atoms with van der Waals surface area (Å²) in [5.74, 6) is 0.630. The Morgan fingerprint density at radius 3 is 2.76 bits per heavy atom. The lowest BCUT2D eigenvalue weighted by molar-refractivity contribution is 0.689. The van der Waals surface area contributed by atoms with E-state index in [9.17, 15) is 0 Å². The van der Waals surface area contributed by atoms with Gasteiger partial charge in [0, 0.05) is 27.8 Å². The molecule has 0 aliphatic rings. The average Bonchev–Trinajstić information content (AvgIpc) is 2.26. The summed E-state index contributed by atoms with van der Waals surface area (Å²) >= 11 is 3.51. The van der Waals surface area contributed by atoms with Crippen molar-refractivity contribution in [2.45, 2.75) is 20.8 Å². The molecule has 3 heteroatoms. The second-order valence-corrected chi connectivity index (χ2v) is 5.66. The van der Waals surface area contributed by atoms with Crippen LogP contribution < -0.4 is 5.32 Å². The number of nitrogens with one attached hydrogen (secondary N) is 1. The van der Waals surface area contributed by atoms with Gasteiger partial charge >= 0.3 is 0 Å². The van der Waals surface area contributed by atoms with Gasteiger partial charge in [-0.1, -0.05) is 29.8 Å². The quantitative estimate of drug-likeness (QED) is 0.908. The molecular weight excluding hydrogens is 276 g/mol. The molecule has 0 amide bonds. The van der Waals surface area contributed by atoms with Crippen molar-refractivity contribution in [1.29, 1.82) is 0 Å². The molecule has 0 spiro atoms. The van der Waals surface area contributed by atoms with Crippen molar-refractivity contribution in [3.8, 4) is 0 Å². The van der Waals surface area contributed by atoms with Gasteiger partial charge in [-0.05, 0) is 37.1 Å². The smallest absolute Gasteiger partial charge is 0.0726 e. The molecule has 0 fully saturated rings. The van der Waals surface area contributed by atoms with E-state index in [0.717, 1.165) is 22.2 Å². The van der Waals surface area contributed by atoms with Crippen molar-refractivity contribution in [3.05, 3.63) is 34.4 Å². The van der Waals surface area contributed by atoms with Gasteiger partial charge in [0.1, 0.15) is 0 Å². The highest BCUT2D eigenvalue weighted by atomic mass is 79.9. The molecule has 2 rings (SSSR count). The van der Waals surface area contributed by atoms with E-state index in [-0.39, 0.29) is 0 Å². The van der Waals surface area contributed by atoms with Crippen molar-refractivity contribution in [3.63, 3.8) is 0 Å². The van der Waals surface area contributed by atoms with Crippen LogP contribution in [0.15, 0.2) is 28.7 Å². The van der Waals surface area contributed by atoms with E-state index in [1.807, 2.05) is 19.1 Å².